The molecule has 0 aliphatic rings. The average Bonchev–Trinajstić information content (AvgIpc) is 2.90. The summed E-state index contributed by atoms with van der Waals surface area (Å²) in [5.41, 5.74) is 1.58. The third kappa shape index (κ3) is 3.22. The Labute approximate surface area is 126 Å². The molecular formula is C15H16BrNO3. The summed E-state index contributed by atoms with van der Waals surface area (Å²) >= 11 is 3.51. The highest BCUT2D eigenvalue weighted by Gasteiger charge is 2.13. The fourth-order valence-electron chi connectivity index (χ4n) is 1.93. The van der Waals surface area contributed by atoms with Crippen LogP contribution < -0.4 is 4.74 Å². The predicted molar refractivity (Wildman–Crippen MR) is 80.2 cm³/mol. The number of hydrogen-bond donors (Lipinski definition) is 0. The maximum absolute atomic E-state index is 11.8. The summed E-state index contributed by atoms with van der Waals surface area (Å²) in [4.78, 5) is 11.8. The number of nitrogens with zero attached hydrogens (tertiary/aromatic N) is 1. The first kappa shape index (κ1) is 14.7. The molecule has 0 N–H and O–H groups in total. The lowest BCUT2D eigenvalue weighted by atomic mass is 10.2. The van der Waals surface area contributed by atoms with Crippen molar-refractivity contribution in [3.05, 3.63) is 52.3 Å². The lowest BCUT2D eigenvalue weighted by molar-refractivity contribution is 0.0514. The zero-order chi connectivity index (χ0) is 14.5. The molecule has 1 heterocycles. The Bertz CT molecular complexity index is 607. The Morgan fingerprint density at radius 1 is 1.35 bits per heavy atom. The SMILES string of the molecule is CCOC(=O)c1cccn1Cc1cc(OC)ccc1Br. The van der Waals surface area contributed by atoms with Gasteiger partial charge in [0.15, 0.2) is 0 Å². The van der Waals surface area contributed by atoms with E-state index in [1.807, 2.05) is 35.0 Å². The molecule has 0 unspecified atom stereocenters. The molecule has 2 aromatic rings. The fraction of sp³-hybridized carbons (Fsp3) is 0.267. The third-order valence-electron chi connectivity index (χ3n) is 2.91. The Morgan fingerprint density at radius 2 is 2.15 bits per heavy atom. The maximum atomic E-state index is 11.8. The summed E-state index contributed by atoms with van der Waals surface area (Å²) in [5.74, 6) is 0.476. The molecule has 0 saturated carbocycles. The van der Waals surface area contributed by atoms with Gasteiger partial charge in [-0.1, -0.05) is 15.9 Å². The monoisotopic (exact) mass is 337 g/mol. The van der Waals surface area contributed by atoms with Gasteiger partial charge in [0.25, 0.3) is 0 Å². The second-order valence-corrected chi connectivity index (χ2v) is 5.05. The molecule has 2 rings (SSSR count). The van der Waals surface area contributed by atoms with Crippen molar-refractivity contribution in [2.24, 2.45) is 0 Å². The van der Waals surface area contributed by atoms with E-state index in [2.05, 4.69) is 15.9 Å². The van der Waals surface area contributed by atoms with Gasteiger partial charge in [-0.3, -0.25) is 0 Å². The number of ether oxygens (including phenoxy) is 2. The second-order valence-electron chi connectivity index (χ2n) is 4.20. The number of halogens is 1. The van der Waals surface area contributed by atoms with Gasteiger partial charge in [0.2, 0.25) is 0 Å². The van der Waals surface area contributed by atoms with Crippen LogP contribution in [-0.4, -0.2) is 24.3 Å². The van der Waals surface area contributed by atoms with Crippen LogP contribution in [0.1, 0.15) is 23.0 Å². The van der Waals surface area contributed by atoms with Gasteiger partial charge in [-0.05, 0) is 42.8 Å². The van der Waals surface area contributed by atoms with Gasteiger partial charge in [0.05, 0.1) is 13.7 Å². The fourth-order valence-corrected chi connectivity index (χ4v) is 2.30. The van der Waals surface area contributed by atoms with E-state index in [0.717, 1.165) is 15.8 Å². The van der Waals surface area contributed by atoms with Crippen molar-refractivity contribution in [3.63, 3.8) is 0 Å². The molecule has 0 saturated heterocycles. The molecule has 1 aromatic carbocycles. The zero-order valence-corrected chi connectivity index (χ0v) is 13.0. The van der Waals surface area contributed by atoms with Crippen LogP contribution in [0.5, 0.6) is 5.75 Å². The highest BCUT2D eigenvalue weighted by molar-refractivity contribution is 9.10. The standard InChI is InChI=1S/C15H16BrNO3/c1-3-20-15(18)14-5-4-8-17(14)10-11-9-12(19-2)6-7-13(11)16/h4-9H,3,10H2,1-2H3. The van der Waals surface area contributed by atoms with Gasteiger partial charge in [-0.15, -0.1) is 0 Å². The second kappa shape index (κ2) is 6.61. The minimum atomic E-state index is -0.309. The van der Waals surface area contributed by atoms with Gasteiger partial charge < -0.3 is 14.0 Å². The van der Waals surface area contributed by atoms with E-state index < -0.39 is 0 Å². The molecule has 0 bridgehead atoms. The maximum Gasteiger partial charge on any atom is 0.354 e. The van der Waals surface area contributed by atoms with Crippen LogP contribution in [0.25, 0.3) is 0 Å². The van der Waals surface area contributed by atoms with Gasteiger partial charge >= 0.3 is 5.97 Å². The summed E-state index contributed by atoms with van der Waals surface area (Å²) in [5, 5.41) is 0. The van der Waals surface area contributed by atoms with E-state index in [4.69, 9.17) is 9.47 Å². The number of aromatic nitrogens is 1. The van der Waals surface area contributed by atoms with Crippen molar-refractivity contribution < 1.29 is 14.3 Å². The van der Waals surface area contributed by atoms with Gasteiger partial charge in [0, 0.05) is 17.2 Å². The minimum absolute atomic E-state index is 0.309. The van der Waals surface area contributed by atoms with Gasteiger partial charge in [0.1, 0.15) is 11.4 Å². The van der Waals surface area contributed by atoms with Crippen LogP contribution in [0.15, 0.2) is 41.0 Å². The van der Waals surface area contributed by atoms with E-state index in [0.29, 0.717) is 18.8 Å². The minimum Gasteiger partial charge on any atom is -0.497 e. The normalized spacial score (nSPS) is 10.3. The summed E-state index contributed by atoms with van der Waals surface area (Å²) < 4.78 is 13.1. The van der Waals surface area contributed by atoms with Crippen molar-refractivity contribution >= 4 is 21.9 Å². The van der Waals surface area contributed by atoms with E-state index in [9.17, 15) is 4.79 Å². The molecule has 0 atom stereocenters. The molecule has 0 radical (unpaired) electrons. The van der Waals surface area contributed by atoms with Crippen LogP contribution in [0, 0.1) is 0 Å². The lowest BCUT2D eigenvalue weighted by Crippen LogP contribution is -2.12. The van der Waals surface area contributed by atoms with Crippen LogP contribution >= 0.6 is 15.9 Å². The molecular weight excluding hydrogens is 322 g/mol. The first-order valence-corrected chi connectivity index (χ1v) is 7.09. The number of benzene rings is 1. The summed E-state index contributed by atoms with van der Waals surface area (Å²) in [6.45, 7) is 2.73. The highest BCUT2D eigenvalue weighted by atomic mass is 79.9. The number of hydrogen-bond acceptors (Lipinski definition) is 3. The smallest absolute Gasteiger partial charge is 0.354 e. The first-order chi connectivity index (χ1) is 9.65. The van der Waals surface area contributed by atoms with Crippen molar-refractivity contribution in [3.8, 4) is 5.75 Å². The third-order valence-corrected chi connectivity index (χ3v) is 3.68. The zero-order valence-electron chi connectivity index (χ0n) is 11.4. The molecule has 0 fully saturated rings. The molecule has 0 spiro atoms. The first-order valence-electron chi connectivity index (χ1n) is 6.30. The average molecular weight is 338 g/mol. The molecule has 5 heteroatoms. The predicted octanol–water partition coefficient (Wildman–Crippen LogP) is 3.48. The number of carbonyl (C=O) groups is 1. The summed E-state index contributed by atoms with van der Waals surface area (Å²) in [6, 6.07) is 9.35. The van der Waals surface area contributed by atoms with E-state index in [-0.39, 0.29) is 5.97 Å². The number of methoxy groups -OCH3 is 1. The van der Waals surface area contributed by atoms with Crippen molar-refractivity contribution in [2.75, 3.05) is 13.7 Å². The Hall–Kier alpha value is -1.75. The van der Waals surface area contributed by atoms with Gasteiger partial charge in [-0.25, -0.2) is 4.79 Å². The molecule has 106 valence electrons. The molecule has 20 heavy (non-hydrogen) atoms. The molecule has 0 aliphatic heterocycles. The van der Waals surface area contributed by atoms with E-state index in [1.165, 1.54) is 0 Å². The lowest BCUT2D eigenvalue weighted by Gasteiger charge is -2.11. The number of carbonyl (C=O) groups excluding carboxylic acids is 1. The van der Waals surface area contributed by atoms with Gasteiger partial charge in [-0.2, -0.15) is 0 Å². The van der Waals surface area contributed by atoms with Crippen LogP contribution in [0.3, 0.4) is 0 Å². The Balaban J connectivity index is 2.26. The Morgan fingerprint density at radius 3 is 2.85 bits per heavy atom. The van der Waals surface area contributed by atoms with Crippen molar-refractivity contribution in [1.29, 1.82) is 0 Å². The summed E-state index contributed by atoms with van der Waals surface area (Å²) in [6.07, 6.45) is 1.86. The van der Waals surface area contributed by atoms with E-state index in [1.54, 1.807) is 20.1 Å². The quantitative estimate of drug-likeness (QED) is 0.784. The highest BCUT2D eigenvalue weighted by Crippen LogP contribution is 2.24. The largest absolute Gasteiger partial charge is 0.497 e. The molecule has 4 nitrogen and oxygen atoms in total. The van der Waals surface area contributed by atoms with Crippen molar-refractivity contribution in [2.45, 2.75) is 13.5 Å². The molecule has 0 amide bonds. The summed E-state index contributed by atoms with van der Waals surface area (Å²) in [7, 11) is 1.63. The molecule has 1 aromatic heterocycles. The number of esters is 1. The number of rotatable bonds is 5. The molecule has 0 aliphatic carbocycles. The van der Waals surface area contributed by atoms with Crippen LogP contribution in [0.4, 0.5) is 0 Å². The van der Waals surface area contributed by atoms with Crippen LogP contribution in [-0.2, 0) is 11.3 Å². The van der Waals surface area contributed by atoms with Crippen molar-refractivity contribution in [1.82, 2.24) is 4.57 Å². The topological polar surface area (TPSA) is 40.5 Å². The van der Waals surface area contributed by atoms with Crippen LogP contribution in [0.2, 0.25) is 0 Å². The Kier molecular flexibility index (Phi) is 4.84. The van der Waals surface area contributed by atoms with E-state index >= 15 is 0 Å².